The molecule has 0 N–H and O–H groups in total. The number of aryl methyl sites for hydroxylation is 3. The average molecular weight is 489 g/mol. The number of hydrogen-bond acceptors (Lipinski definition) is 1. The fraction of sp³-hybridized carbons (Fsp3) is 0.500. The fourth-order valence-electron chi connectivity index (χ4n) is 6.26. The quantitative estimate of drug-likeness (QED) is 0.292. The Morgan fingerprint density at radius 2 is 1.56 bits per heavy atom. The van der Waals surface area contributed by atoms with Crippen LogP contribution in [0.15, 0.2) is 53.6 Å². The lowest BCUT2D eigenvalue weighted by molar-refractivity contribution is -0.0563. The van der Waals surface area contributed by atoms with Crippen LogP contribution in [0, 0.1) is 43.8 Å². The third-order valence-corrected chi connectivity index (χ3v) is 8.15. The first-order chi connectivity index (χ1) is 17.0. The first-order valence-electron chi connectivity index (χ1n) is 13.7. The predicted molar refractivity (Wildman–Crippen MR) is 152 cm³/mol. The molecule has 1 spiro atoms. The molecule has 2 aliphatic rings. The number of ketones is 1. The smallest absolute Gasteiger partial charge is 0.166 e. The largest absolute Gasteiger partial charge is 0.294 e. The van der Waals surface area contributed by atoms with Crippen LogP contribution < -0.4 is 0 Å². The van der Waals surface area contributed by atoms with Gasteiger partial charge in [-0.15, -0.1) is 0 Å². The van der Waals surface area contributed by atoms with Gasteiger partial charge in [0.15, 0.2) is 5.78 Å². The molecule has 0 amide bonds. The highest BCUT2D eigenvalue weighted by atomic mass is 19.1. The molecule has 1 nitrogen and oxygen atoms in total. The maximum absolute atomic E-state index is 13.7. The third kappa shape index (κ3) is 6.44. The minimum absolute atomic E-state index is 0.184. The highest BCUT2D eigenvalue weighted by Gasteiger charge is 2.54. The zero-order valence-corrected chi connectivity index (χ0v) is 23.7. The summed E-state index contributed by atoms with van der Waals surface area (Å²) < 4.78 is 13.7. The van der Waals surface area contributed by atoms with Crippen LogP contribution >= 0.6 is 0 Å². The van der Waals surface area contributed by atoms with Gasteiger partial charge in [-0.25, -0.2) is 4.39 Å². The summed E-state index contributed by atoms with van der Waals surface area (Å²) in [5.74, 6) is 1.10. The van der Waals surface area contributed by atoms with Gasteiger partial charge in [0, 0.05) is 11.5 Å². The van der Waals surface area contributed by atoms with E-state index in [-0.39, 0.29) is 11.7 Å². The van der Waals surface area contributed by atoms with Gasteiger partial charge in [-0.05, 0) is 119 Å². The molecule has 0 radical (unpaired) electrons. The van der Waals surface area contributed by atoms with Crippen molar-refractivity contribution in [3.63, 3.8) is 0 Å². The lowest BCUT2D eigenvalue weighted by Gasteiger charge is -2.58. The molecule has 2 aromatic rings. The van der Waals surface area contributed by atoms with Gasteiger partial charge in [-0.2, -0.15) is 0 Å². The van der Waals surface area contributed by atoms with Gasteiger partial charge in [0.05, 0.1) is 0 Å². The van der Waals surface area contributed by atoms with Gasteiger partial charge in [0.25, 0.3) is 0 Å². The second-order valence-electron chi connectivity index (χ2n) is 11.7. The van der Waals surface area contributed by atoms with Crippen molar-refractivity contribution in [1.82, 2.24) is 0 Å². The number of Topliss-reactive ketones (excluding diaryl/α,β-unsaturated/α-hetero) is 1. The number of carbonyl (C=O) groups excluding carboxylic acids is 1. The normalized spacial score (nSPS) is 23.8. The molecular formula is C34H45FO. The van der Waals surface area contributed by atoms with E-state index in [9.17, 15) is 9.18 Å². The monoisotopic (exact) mass is 488 g/mol. The molecule has 2 aromatic carbocycles. The Hall–Kier alpha value is -2.48. The Kier molecular flexibility index (Phi) is 9.14. The van der Waals surface area contributed by atoms with Crippen molar-refractivity contribution in [2.75, 3.05) is 0 Å². The van der Waals surface area contributed by atoms with Crippen LogP contribution in [-0.2, 0) is 0 Å². The van der Waals surface area contributed by atoms with Crippen LogP contribution in [0.1, 0.15) is 106 Å². The van der Waals surface area contributed by atoms with Crippen molar-refractivity contribution >= 4 is 11.4 Å². The molecule has 0 atom stereocenters. The second-order valence-corrected chi connectivity index (χ2v) is 11.7. The number of halogens is 1. The maximum atomic E-state index is 13.7. The Labute approximate surface area is 218 Å². The van der Waals surface area contributed by atoms with Crippen LogP contribution in [0.4, 0.5) is 4.39 Å². The Morgan fingerprint density at radius 3 is 2.17 bits per heavy atom. The molecule has 2 fully saturated rings. The summed E-state index contributed by atoms with van der Waals surface area (Å²) in [6, 6.07) is 11.2. The topological polar surface area (TPSA) is 17.1 Å². The van der Waals surface area contributed by atoms with E-state index in [1.54, 1.807) is 6.07 Å². The average Bonchev–Trinajstić information content (AvgIpc) is 2.76. The molecule has 2 aliphatic carbocycles. The number of rotatable bonds is 6. The van der Waals surface area contributed by atoms with E-state index >= 15 is 0 Å². The predicted octanol–water partition coefficient (Wildman–Crippen LogP) is 9.99. The van der Waals surface area contributed by atoms with Crippen molar-refractivity contribution in [3.05, 3.63) is 87.3 Å². The first kappa shape index (κ1) is 28.1. The van der Waals surface area contributed by atoms with E-state index in [4.69, 9.17) is 0 Å². The first-order valence-corrected chi connectivity index (χ1v) is 13.7. The van der Waals surface area contributed by atoms with E-state index < -0.39 is 0 Å². The van der Waals surface area contributed by atoms with Crippen LogP contribution in [0.5, 0.6) is 0 Å². The second kappa shape index (κ2) is 11.7. The highest BCUT2D eigenvalue weighted by Crippen LogP contribution is 2.62. The molecule has 2 heteroatoms. The summed E-state index contributed by atoms with van der Waals surface area (Å²) in [4.78, 5) is 13.0. The van der Waals surface area contributed by atoms with Crippen LogP contribution in [0.2, 0.25) is 0 Å². The van der Waals surface area contributed by atoms with Gasteiger partial charge in [0.2, 0.25) is 0 Å². The van der Waals surface area contributed by atoms with Gasteiger partial charge < -0.3 is 0 Å². The van der Waals surface area contributed by atoms with E-state index in [1.165, 1.54) is 42.0 Å². The molecule has 0 aliphatic heterocycles. The molecule has 4 rings (SSSR count). The number of benzene rings is 2. The zero-order chi connectivity index (χ0) is 26.6. The van der Waals surface area contributed by atoms with Crippen molar-refractivity contribution in [3.8, 4) is 0 Å². The Bertz CT molecular complexity index is 1150. The summed E-state index contributed by atoms with van der Waals surface area (Å²) in [6.45, 7) is 16.9. The lowest BCUT2D eigenvalue weighted by atomic mass is 9.46. The van der Waals surface area contributed by atoms with E-state index in [0.717, 1.165) is 53.0 Å². The van der Waals surface area contributed by atoms with E-state index in [1.807, 2.05) is 19.1 Å². The van der Waals surface area contributed by atoms with Crippen molar-refractivity contribution in [2.24, 2.45) is 17.3 Å². The number of hydrogen-bond donors (Lipinski definition) is 0. The van der Waals surface area contributed by atoms with Gasteiger partial charge in [-0.1, -0.05) is 67.3 Å². The molecule has 2 saturated carbocycles. The van der Waals surface area contributed by atoms with Crippen LogP contribution in [0.25, 0.3) is 5.57 Å². The van der Waals surface area contributed by atoms with Crippen LogP contribution in [-0.4, -0.2) is 5.78 Å². The van der Waals surface area contributed by atoms with Crippen LogP contribution in [0.3, 0.4) is 0 Å². The van der Waals surface area contributed by atoms with Gasteiger partial charge in [0.1, 0.15) is 5.82 Å². The summed E-state index contributed by atoms with van der Waals surface area (Å²) in [6.07, 6.45) is 9.20. The summed E-state index contributed by atoms with van der Waals surface area (Å²) >= 11 is 0. The van der Waals surface area contributed by atoms with E-state index in [2.05, 4.69) is 66.7 Å². The number of carbonyl (C=O) groups is 1. The SMILES string of the molecule is CC(/C=C(\C)c1cc(F)ccc1C)=C(\C)CC1CC2(C1)CC(C(=O)c1ccc(C)cc1C)C2.CCC. The minimum atomic E-state index is -0.184. The fourth-order valence-corrected chi connectivity index (χ4v) is 6.26. The molecule has 194 valence electrons. The van der Waals surface area contributed by atoms with E-state index in [0.29, 0.717) is 11.2 Å². The number of allylic oxidation sites excluding steroid dienone is 4. The Balaban J connectivity index is 0.00000115. The molecule has 0 unspecified atom stereocenters. The summed E-state index contributed by atoms with van der Waals surface area (Å²) in [7, 11) is 0. The van der Waals surface area contributed by atoms with Gasteiger partial charge in [-0.3, -0.25) is 4.79 Å². The molecule has 0 aromatic heterocycles. The lowest BCUT2D eigenvalue weighted by Crippen LogP contribution is -2.49. The van der Waals surface area contributed by atoms with Crippen molar-refractivity contribution in [1.29, 1.82) is 0 Å². The summed E-state index contributed by atoms with van der Waals surface area (Å²) in [5.41, 5.74) is 9.57. The highest BCUT2D eigenvalue weighted by molar-refractivity contribution is 5.99. The van der Waals surface area contributed by atoms with Gasteiger partial charge >= 0.3 is 0 Å². The molecule has 0 bridgehead atoms. The Morgan fingerprint density at radius 1 is 0.917 bits per heavy atom. The standard InChI is InChI=1S/C31H37FO.C3H8/c1-19-7-10-28(23(5)11-19)30(33)26-17-31(18-26)15-25(16-31)13-22(4)21(3)12-24(6)29-14-27(32)9-8-20(29)2;1-3-2/h7-12,14,25-26H,13,15-18H2,1-6H3;3H2,1-2H3/b22-21-,24-12+;. The molecular weight excluding hydrogens is 443 g/mol. The molecule has 0 saturated heterocycles. The minimum Gasteiger partial charge on any atom is -0.294 e. The van der Waals surface area contributed by atoms with Crippen molar-refractivity contribution < 1.29 is 9.18 Å². The summed E-state index contributed by atoms with van der Waals surface area (Å²) in [5, 5.41) is 0. The molecule has 36 heavy (non-hydrogen) atoms. The third-order valence-electron chi connectivity index (χ3n) is 8.15. The zero-order valence-electron chi connectivity index (χ0n) is 23.7. The maximum Gasteiger partial charge on any atom is 0.166 e. The molecule has 0 heterocycles. The van der Waals surface area contributed by atoms with Crippen molar-refractivity contribution in [2.45, 2.75) is 93.9 Å².